The van der Waals surface area contributed by atoms with E-state index in [-0.39, 0.29) is 24.8 Å². The van der Waals surface area contributed by atoms with Crippen molar-refractivity contribution in [2.75, 3.05) is 0 Å². The SMILES string of the molecule is CC1=Cc2c(-c3cccc4ccccc34)ccc(C)c2[CH]1[Zr]([CH3])([CH3])(=[SiH2])[CH]1C(C(C)C)=Cc2c(-c3ccc(C)cc3)cccc21.Cl.Cl. The van der Waals surface area contributed by atoms with E-state index >= 15 is 0 Å². The van der Waals surface area contributed by atoms with Crippen molar-refractivity contribution < 1.29 is 17.4 Å². The topological polar surface area (TPSA) is 0 Å². The molecule has 7 rings (SSSR count). The summed E-state index contributed by atoms with van der Waals surface area (Å²) in [5.41, 5.74) is 17.5. The van der Waals surface area contributed by atoms with Gasteiger partial charge in [-0.15, -0.1) is 24.8 Å². The maximum atomic E-state index is 2.77. The van der Waals surface area contributed by atoms with Gasteiger partial charge < -0.3 is 0 Å². The predicted octanol–water partition coefficient (Wildman–Crippen LogP) is 12.2. The maximum Gasteiger partial charge on any atom is -0.147 e. The standard InChI is InChI=1S/C21H17.C19H19.2CH3.2ClH.H2Si.Zr/c1-14-12-20-15(2)10-11-19(21(20)13-14)18-9-5-7-16-6-3-4-8-17(16)18;1-13(2)17-11-16-5-4-6-18(19(16)12-17)15-9-7-14(3)8-10-15;;;;;;/h3-13H,1-2H3;4-13H,1-3H3;2*1H3;2*1H;1H2;. The number of rotatable bonds is 5. The third kappa shape index (κ3) is 5.48. The number of fused-ring (bicyclic) bond motifs is 3. The van der Waals surface area contributed by atoms with Crippen LogP contribution < -0.4 is 0 Å². The van der Waals surface area contributed by atoms with E-state index in [2.05, 4.69) is 160 Å². The van der Waals surface area contributed by atoms with Crippen LogP contribution in [-0.2, 0) is 17.4 Å². The number of hydrogen-bond donors (Lipinski definition) is 0. The van der Waals surface area contributed by atoms with Crippen molar-refractivity contribution in [2.45, 2.75) is 51.1 Å². The van der Waals surface area contributed by atoms with Crippen molar-refractivity contribution in [1.82, 2.24) is 0 Å². The van der Waals surface area contributed by atoms with E-state index in [9.17, 15) is 0 Å². The van der Waals surface area contributed by atoms with Gasteiger partial charge in [-0.1, -0.05) is 0 Å². The molecule has 0 nitrogen and oxygen atoms in total. The largest absolute Gasteiger partial charge is 0.147 e. The van der Waals surface area contributed by atoms with Gasteiger partial charge in [0.2, 0.25) is 0 Å². The Balaban J connectivity index is 0.00000208. The second-order valence-corrected chi connectivity index (χ2v) is 45.4. The number of hydrogen-bond acceptors (Lipinski definition) is 0. The van der Waals surface area contributed by atoms with Crippen LogP contribution in [0.5, 0.6) is 0 Å². The molecule has 236 valence electrons. The Kier molecular flexibility index (Phi) is 9.48. The second kappa shape index (κ2) is 12.5. The van der Waals surface area contributed by atoms with Gasteiger partial charge in [0.1, 0.15) is 0 Å². The van der Waals surface area contributed by atoms with Gasteiger partial charge in [-0.2, -0.15) is 0 Å². The number of benzene rings is 5. The van der Waals surface area contributed by atoms with Crippen molar-refractivity contribution in [3.8, 4) is 22.3 Å². The number of halogens is 2. The number of allylic oxidation sites excluding steroid dienone is 2. The number of aryl methyl sites for hydroxylation is 2. The summed E-state index contributed by atoms with van der Waals surface area (Å²) in [6.45, 7) is 14.3. The summed E-state index contributed by atoms with van der Waals surface area (Å²) >= 11 is -3.70. The van der Waals surface area contributed by atoms with Gasteiger partial charge in [-0.05, 0) is 0 Å². The van der Waals surface area contributed by atoms with Gasteiger partial charge in [0.15, 0.2) is 0 Å². The van der Waals surface area contributed by atoms with Crippen molar-refractivity contribution in [2.24, 2.45) is 5.92 Å². The minimum atomic E-state index is -3.70. The zero-order valence-corrected chi connectivity index (χ0v) is 33.7. The molecule has 0 N–H and O–H groups in total. The Morgan fingerprint density at radius 3 is 2.00 bits per heavy atom. The molecule has 0 saturated carbocycles. The van der Waals surface area contributed by atoms with Gasteiger partial charge in [0.05, 0.1) is 0 Å². The molecule has 0 aromatic heterocycles. The van der Waals surface area contributed by atoms with Crippen LogP contribution in [0.25, 0.3) is 45.2 Å². The Bertz CT molecular complexity index is 2110. The summed E-state index contributed by atoms with van der Waals surface area (Å²) in [5, 5.41) is 2.64. The van der Waals surface area contributed by atoms with Crippen LogP contribution >= 0.6 is 24.8 Å². The smallest absolute Gasteiger partial charge is 0.147 e. The summed E-state index contributed by atoms with van der Waals surface area (Å²) in [5.74, 6) is 0.504. The zero-order valence-electron chi connectivity index (χ0n) is 28.1. The molecule has 46 heavy (non-hydrogen) atoms. The molecule has 0 aliphatic heterocycles. The first-order valence-corrected chi connectivity index (χ1v) is 29.9. The fourth-order valence-corrected chi connectivity index (χ4v) is 29.5. The molecule has 2 unspecified atom stereocenters. The van der Waals surface area contributed by atoms with Gasteiger partial charge in [0.25, 0.3) is 0 Å². The summed E-state index contributed by atoms with van der Waals surface area (Å²) in [7, 11) is 0. The van der Waals surface area contributed by atoms with Crippen LogP contribution in [-0.4, -0.2) is 6.88 Å². The Morgan fingerprint density at radius 2 is 1.28 bits per heavy atom. The van der Waals surface area contributed by atoms with Crippen LogP contribution in [0.15, 0.2) is 108 Å². The summed E-state index contributed by atoms with van der Waals surface area (Å²) in [6, 6.07) is 36.6. The molecule has 2 atom stereocenters. The van der Waals surface area contributed by atoms with E-state index in [1.165, 1.54) is 55.3 Å². The van der Waals surface area contributed by atoms with E-state index in [0.29, 0.717) is 13.2 Å². The molecule has 0 radical (unpaired) electrons. The van der Waals surface area contributed by atoms with Crippen molar-refractivity contribution in [3.05, 3.63) is 142 Å². The summed E-state index contributed by atoms with van der Waals surface area (Å²) < 4.78 is 6.56. The van der Waals surface area contributed by atoms with E-state index in [4.69, 9.17) is 0 Å². The summed E-state index contributed by atoms with van der Waals surface area (Å²) in [6.07, 6.45) is 5.16. The normalized spacial score (nSPS) is 17.2. The molecule has 0 heterocycles. The molecule has 5 aromatic rings. The third-order valence-corrected chi connectivity index (χ3v) is 28.3. The van der Waals surface area contributed by atoms with Crippen LogP contribution in [0.1, 0.15) is 61.4 Å². The van der Waals surface area contributed by atoms with Crippen molar-refractivity contribution >= 4 is 54.6 Å². The predicted molar refractivity (Wildman–Crippen MR) is 207 cm³/mol. The quantitative estimate of drug-likeness (QED) is 0.157. The van der Waals surface area contributed by atoms with Gasteiger partial charge in [-0.3, -0.25) is 0 Å². The zero-order chi connectivity index (χ0) is 31.0. The van der Waals surface area contributed by atoms with Crippen molar-refractivity contribution in [3.63, 3.8) is 0 Å². The maximum absolute atomic E-state index is 3.70. The minimum Gasteiger partial charge on any atom is -0.147 e. The van der Waals surface area contributed by atoms with E-state index in [1.54, 1.807) is 22.3 Å². The van der Waals surface area contributed by atoms with E-state index < -0.39 is 17.4 Å². The Morgan fingerprint density at radius 1 is 0.630 bits per heavy atom. The average molecular weight is 741 g/mol. The van der Waals surface area contributed by atoms with Crippen LogP contribution in [0.2, 0.25) is 9.26 Å². The fourth-order valence-electron chi connectivity index (χ4n) is 8.87. The van der Waals surface area contributed by atoms with Crippen LogP contribution in [0, 0.1) is 19.8 Å². The Labute approximate surface area is 290 Å². The molecule has 0 bridgehead atoms. The van der Waals surface area contributed by atoms with Gasteiger partial charge >= 0.3 is 268 Å². The first kappa shape index (κ1) is 34.8. The van der Waals surface area contributed by atoms with E-state index in [0.717, 1.165) is 0 Å². The fraction of sp³-hybridized carbons (Fsp3) is 0.238. The van der Waals surface area contributed by atoms with Crippen molar-refractivity contribution in [1.29, 1.82) is 0 Å². The van der Waals surface area contributed by atoms with E-state index in [1.807, 2.05) is 0 Å². The molecule has 0 saturated heterocycles. The molecule has 4 heteroatoms. The van der Waals surface area contributed by atoms with Gasteiger partial charge in [-0.25, -0.2) is 0 Å². The molecule has 5 aromatic carbocycles. The third-order valence-electron chi connectivity index (χ3n) is 10.7. The minimum absolute atomic E-state index is 0. The second-order valence-electron chi connectivity index (χ2n) is 14.9. The molecule has 2 aliphatic carbocycles. The molecule has 2 aliphatic rings. The first-order chi connectivity index (χ1) is 20.9. The molecular weight excluding hydrogens is 695 g/mol. The average Bonchev–Trinajstić information content (AvgIpc) is 3.58. The molecule has 0 fully saturated rings. The first-order valence-electron chi connectivity index (χ1n) is 16.2. The summed E-state index contributed by atoms with van der Waals surface area (Å²) in [4.78, 5) is 0. The molecular formula is C42H46Cl2SiZr. The monoisotopic (exact) mass is 738 g/mol. The molecule has 0 spiro atoms. The molecule has 0 amide bonds. The Hall–Kier alpha value is -2.48. The van der Waals surface area contributed by atoms with Crippen LogP contribution in [0.4, 0.5) is 0 Å². The van der Waals surface area contributed by atoms with Gasteiger partial charge in [0, 0.05) is 0 Å². The van der Waals surface area contributed by atoms with Crippen LogP contribution in [0.3, 0.4) is 0 Å².